The molecular formula is C14H16O3. The summed E-state index contributed by atoms with van der Waals surface area (Å²) >= 11 is 0. The zero-order chi connectivity index (χ0) is 11.9. The lowest BCUT2D eigenvalue weighted by Gasteiger charge is -2.39. The van der Waals surface area contributed by atoms with E-state index in [1.165, 1.54) is 0 Å². The van der Waals surface area contributed by atoms with Gasteiger partial charge in [0.2, 0.25) is 5.79 Å². The van der Waals surface area contributed by atoms with Gasteiger partial charge in [-0.2, -0.15) is 0 Å². The molecule has 1 aromatic rings. The zero-order valence-corrected chi connectivity index (χ0v) is 9.63. The van der Waals surface area contributed by atoms with E-state index in [1.54, 1.807) is 0 Å². The Labute approximate surface area is 100 Å². The molecule has 0 spiro atoms. The fourth-order valence-electron chi connectivity index (χ4n) is 3.19. The number of hydrogen-bond donors (Lipinski definition) is 1. The molecule has 90 valence electrons. The number of benzene rings is 1. The van der Waals surface area contributed by atoms with Crippen molar-refractivity contribution in [1.29, 1.82) is 0 Å². The molecule has 0 bridgehead atoms. The lowest BCUT2D eigenvalue weighted by atomic mass is 9.73. The van der Waals surface area contributed by atoms with E-state index < -0.39 is 5.79 Å². The molecule has 0 radical (unpaired) electrons. The first kappa shape index (κ1) is 10.8. The Hall–Kier alpha value is -1.35. The molecule has 1 aliphatic heterocycles. The number of esters is 1. The maximum absolute atomic E-state index is 11.4. The third-order valence-corrected chi connectivity index (χ3v) is 4.02. The molecule has 1 saturated carbocycles. The summed E-state index contributed by atoms with van der Waals surface area (Å²) in [5.41, 5.74) is 1.06. The van der Waals surface area contributed by atoms with Gasteiger partial charge in [0.05, 0.1) is 6.42 Å². The van der Waals surface area contributed by atoms with Crippen LogP contribution >= 0.6 is 0 Å². The average molecular weight is 232 g/mol. The molecule has 0 unspecified atom stereocenters. The second-order valence-electron chi connectivity index (χ2n) is 5.02. The first-order valence-corrected chi connectivity index (χ1v) is 6.19. The van der Waals surface area contributed by atoms with Gasteiger partial charge in [0.1, 0.15) is 0 Å². The lowest BCUT2D eigenvalue weighted by Crippen LogP contribution is -2.44. The van der Waals surface area contributed by atoms with E-state index in [1.807, 2.05) is 30.3 Å². The molecular weight excluding hydrogens is 216 g/mol. The number of rotatable bonds is 1. The summed E-state index contributed by atoms with van der Waals surface area (Å²) in [6.45, 7) is 0. The van der Waals surface area contributed by atoms with Crippen molar-refractivity contribution in [1.82, 2.24) is 0 Å². The van der Waals surface area contributed by atoms with Crippen LogP contribution in [0.1, 0.15) is 37.2 Å². The van der Waals surface area contributed by atoms with Gasteiger partial charge in [0.15, 0.2) is 0 Å². The molecule has 3 atom stereocenters. The molecule has 2 fully saturated rings. The van der Waals surface area contributed by atoms with Crippen LogP contribution in [0.25, 0.3) is 0 Å². The van der Waals surface area contributed by atoms with Gasteiger partial charge in [-0.15, -0.1) is 0 Å². The molecule has 1 aromatic carbocycles. The summed E-state index contributed by atoms with van der Waals surface area (Å²) in [5, 5.41) is 10.7. The number of hydrogen-bond acceptors (Lipinski definition) is 3. The van der Waals surface area contributed by atoms with Crippen LogP contribution in [0.2, 0.25) is 0 Å². The Kier molecular flexibility index (Phi) is 2.44. The normalized spacial score (nSPS) is 36.4. The van der Waals surface area contributed by atoms with E-state index in [4.69, 9.17) is 4.74 Å². The quantitative estimate of drug-likeness (QED) is 0.755. The molecule has 0 amide bonds. The van der Waals surface area contributed by atoms with Crippen LogP contribution in [-0.2, 0) is 9.53 Å². The number of fused-ring (bicyclic) bond motifs is 1. The maximum Gasteiger partial charge on any atom is 0.308 e. The predicted molar refractivity (Wildman–Crippen MR) is 62.2 cm³/mol. The van der Waals surface area contributed by atoms with Crippen LogP contribution in [0.5, 0.6) is 0 Å². The van der Waals surface area contributed by atoms with Crippen molar-refractivity contribution in [2.45, 2.75) is 37.4 Å². The number of carbonyl (C=O) groups excluding carboxylic acids is 1. The third kappa shape index (κ3) is 1.65. The van der Waals surface area contributed by atoms with Crippen molar-refractivity contribution in [3.63, 3.8) is 0 Å². The van der Waals surface area contributed by atoms with Gasteiger partial charge >= 0.3 is 5.97 Å². The summed E-state index contributed by atoms with van der Waals surface area (Å²) in [6.07, 6.45) is 3.17. The second-order valence-corrected chi connectivity index (χ2v) is 5.02. The highest BCUT2D eigenvalue weighted by Gasteiger charge is 2.55. The molecule has 0 aromatic heterocycles. The summed E-state index contributed by atoms with van der Waals surface area (Å²) in [7, 11) is 0. The molecule has 3 rings (SSSR count). The molecule has 1 saturated heterocycles. The zero-order valence-electron chi connectivity index (χ0n) is 9.63. The minimum Gasteiger partial charge on any atom is -0.432 e. The van der Waals surface area contributed by atoms with Gasteiger partial charge in [-0.3, -0.25) is 4.79 Å². The first-order valence-electron chi connectivity index (χ1n) is 6.19. The van der Waals surface area contributed by atoms with Crippen LogP contribution in [0.4, 0.5) is 0 Å². The van der Waals surface area contributed by atoms with Gasteiger partial charge in [0.25, 0.3) is 0 Å². The fraction of sp³-hybridized carbons (Fsp3) is 0.500. The summed E-state index contributed by atoms with van der Waals surface area (Å²) in [5.74, 6) is -1.64. The summed E-state index contributed by atoms with van der Waals surface area (Å²) < 4.78 is 5.24. The van der Waals surface area contributed by atoms with Gasteiger partial charge in [-0.1, -0.05) is 36.8 Å². The minimum absolute atomic E-state index is 0.0334. The highest BCUT2D eigenvalue weighted by atomic mass is 16.7. The van der Waals surface area contributed by atoms with Crippen molar-refractivity contribution >= 4 is 5.97 Å². The van der Waals surface area contributed by atoms with Gasteiger partial charge in [-0.25, -0.2) is 0 Å². The topological polar surface area (TPSA) is 46.5 Å². The van der Waals surface area contributed by atoms with Crippen LogP contribution in [0, 0.1) is 5.92 Å². The van der Waals surface area contributed by atoms with E-state index in [0.717, 1.165) is 24.8 Å². The summed E-state index contributed by atoms with van der Waals surface area (Å²) in [4.78, 5) is 11.4. The smallest absolute Gasteiger partial charge is 0.308 e. The van der Waals surface area contributed by atoms with Gasteiger partial charge in [-0.05, 0) is 18.4 Å². The Balaban J connectivity index is 1.97. The molecule has 2 aliphatic rings. The third-order valence-electron chi connectivity index (χ3n) is 4.02. The van der Waals surface area contributed by atoms with E-state index in [9.17, 15) is 9.90 Å². The molecule has 1 N–H and O–H groups in total. The van der Waals surface area contributed by atoms with Crippen molar-refractivity contribution in [3.8, 4) is 0 Å². The van der Waals surface area contributed by atoms with E-state index in [2.05, 4.69) is 0 Å². The van der Waals surface area contributed by atoms with Crippen molar-refractivity contribution in [3.05, 3.63) is 35.9 Å². The standard InChI is InChI=1S/C14H16O3/c15-13-9-11-7-4-8-12(14(11,16)17-13)10-5-2-1-3-6-10/h1-3,5-6,11-12,16H,4,7-9H2/t11-,12+,14+/m1/s1. The van der Waals surface area contributed by atoms with Crippen molar-refractivity contribution in [2.75, 3.05) is 0 Å². The van der Waals surface area contributed by atoms with Crippen molar-refractivity contribution < 1.29 is 14.6 Å². The van der Waals surface area contributed by atoms with E-state index in [0.29, 0.717) is 6.42 Å². The van der Waals surface area contributed by atoms with Crippen LogP contribution < -0.4 is 0 Å². The number of carbonyl (C=O) groups is 1. The average Bonchev–Trinajstić information content (AvgIpc) is 2.63. The van der Waals surface area contributed by atoms with Crippen LogP contribution in [0.15, 0.2) is 30.3 Å². The van der Waals surface area contributed by atoms with Crippen LogP contribution in [0.3, 0.4) is 0 Å². The van der Waals surface area contributed by atoms with Gasteiger partial charge in [0, 0.05) is 11.8 Å². The largest absolute Gasteiger partial charge is 0.432 e. The Morgan fingerprint density at radius 2 is 2.00 bits per heavy atom. The predicted octanol–water partition coefficient (Wildman–Crippen LogP) is 2.21. The van der Waals surface area contributed by atoms with E-state index in [-0.39, 0.29) is 17.8 Å². The van der Waals surface area contributed by atoms with E-state index >= 15 is 0 Å². The summed E-state index contributed by atoms with van der Waals surface area (Å²) in [6, 6.07) is 9.86. The second kappa shape index (κ2) is 3.84. The lowest BCUT2D eigenvalue weighted by molar-refractivity contribution is -0.221. The van der Waals surface area contributed by atoms with Crippen LogP contribution in [-0.4, -0.2) is 16.9 Å². The highest BCUT2D eigenvalue weighted by molar-refractivity contribution is 5.73. The Morgan fingerprint density at radius 1 is 1.24 bits per heavy atom. The van der Waals surface area contributed by atoms with Crippen molar-refractivity contribution in [2.24, 2.45) is 5.92 Å². The maximum atomic E-state index is 11.4. The first-order chi connectivity index (χ1) is 8.20. The minimum atomic E-state index is -1.27. The molecule has 1 heterocycles. The number of aliphatic hydroxyl groups is 1. The molecule has 17 heavy (non-hydrogen) atoms. The monoisotopic (exact) mass is 232 g/mol. The Morgan fingerprint density at radius 3 is 2.76 bits per heavy atom. The van der Waals surface area contributed by atoms with Gasteiger partial charge < -0.3 is 9.84 Å². The molecule has 1 aliphatic carbocycles. The number of ether oxygens (including phenoxy) is 1. The molecule has 3 heteroatoms. The Bertz CT molecular complexity index is 428. The highest BCUT2D eigenvalue weighted by Crippen LogP contribution is 2.49. The molecule has 3 nitrogen and oxygen atoms in total. The fourth-order valence-corrected chi connectivity index (χ4v) is 3.19. The SMILES string of the molecule is O=C1C[C@H]2CCC[C@@H](c3ccccc3)[C@@]2(O)O1.